The minimum Gasteiger partial charge on any atom is -0.383 e. The summed E-state index contributed by atoms with van der Waals surface area (Å²) in [5, 5.41) is 17.5. The van der Waals surface area contributed by atoms with E-state index in [-0.39, 0.29) is 52.1 Å². The Kier molecular flexibility index (Phi) is 6.15. The van der Waals surface area contributed by atoms with Gasteiger partial charge in [-0.15, -0.1) is 0 Å². The number of carbonyl (C=O) groups is 2. The monoisotopic (exact) mass is 563 g/mol. The van der Waals surface area contributed by atoms with Crippen LogP contribution in [0, 0.1) is 29.0 Å². The predicted molar refractivity (Wildman–Crippen MR) is 151 cm³/mol. The van der Waals surface area contributed by atoms with Crippen molar-refractivity contribution < 1.29 is 14.0 Å². The third-order valence-electron chi connectivity index (χ3n) is 8.31. The zero-order valence-electron chi connectivity index (χ0n) is 22.4. The van der Waals surface area contributed by atoms with Crippen molar-refractivity contribution in [3.8, 4) is 17.3 Å². The number of nitrogen functional groups attached to an aromatic ring is 1. The fraction of sp³-hybridized carbons (Fsp3) is 0.300. The van der Waals surface area contributed by atoms with Gasteiger partial charge in [0.2, 0.25) is 0 Å². The number of piperidine rings is 1. The molecule has 4 heterocycles. The van der Waals surface area contributed by atoms with Crippen LogP contribution < -0.4 is 11.1 Å². The number of nitrogens with zero attached hydrogens (tertiary/aromatic N) is 7. The molecule has 1 unspecified atom stereocenters. The average molecular weight is 564 g/mol. The van der Waals surface area contributed by atoms with Crippen molar-refractivity contribution in [3.05, 3.63) is 72.0 Å². The first kappa shape index (κ1) is 25.8. The standard InChI is InChI=1S/C30H26FN9O2/c31-21-12-18(29(41)37-24-3-1-2-8-34-24)6-7-20(21)26-25-27(33)35-15-36-28(25)40(38-26)23-11-17-10-22(23)39(14-17)30(42)19(13-32)9-16-4-5-16/h1-3,6-9,12,15-17,22-23H,4-5,10-11,14H2,(H2,33,35,36)(H,34,37,41)/t17-,22-,23?/m1/s1. The summed E-state index contributed by atoms with van der Waals surface area (Å²) < 4.78 is 17.3. The lowest BCUT2D eigenvalue weighted by Gasteiger charge is -2.33. The molecule has 0 radical (unpaired) electrons. The number of fused-ring (bicyclic) bond motifs is 3. The van der Waals surface area contributed by atoms with Gasteiger partial charge in [0.15, 0.2) is 5.65 Å². The average Bonchev–Trinajstić information content (AvgIpc) is 3.40. The van der Waals surface area contributed by atoms with E-state index in [0.29, 0.717) is 29.3 Å². The van der Waals surface area contributed by atoms with E-state index < -0.39 is 11.7 Å². The van der Waals surface area contributed by atoms with Crippen LogP contribution in [0.25, 0.3) is 22.3 Å². The lowest BCUT2D eigenvalue weighted by atomic mass is 10.0. The first-order chi connectivity index (χ1) is 20.4. The second-order valence-electron chi connectivity index (χ2n) is 11.1. The molecule has 3 atom stereocenters. The van der Waals surface area contributed by atoms with Gasteiger partial charge in [-0.05, 0) is 67.9 Å². The number of aromatic nitrogens is 5. The summed E-state index contributed by atoms with van der Waals surface area (Å²) in [5.41, 5.74) is 7.42. The molecule has 2 amide bonds. The molecule has 2 aliphatic carbocycles. The molecule has 7 rings (SSSR count). The normalized spacial score (nSPS) is 21.5. The van der Waals surface area contributed by atoms with Crippen molar-refractivity contribution in [3.63, 3.8) is 0 Å². The lowest BCUT2D eigenvalue weighted by Crippen LogP contribution is -2.43. The van der Waals surface area contributed by atoms with Gasteiger partial charge in [-0.1, -0.05) is 12.1 Å². The van der Waals surface area contributed by atoms with Crippen molar-refractivity contribution in [2.24, 2.45) is 11.8 Å². The quantitative estimate of drug-likeness (QED) is 0.264. The molecule has 3 N–H and O–H groups in total. The Labute approximate surface area is 239 Å². The van der Waals surface area contributed by atoms with E-state index >= 15 is 4.39 Å². The van der Waals surface area contributed by atoms with Crippen LogP contribution in [0.5, 0.6) is 0 Å². The molecule has 1 aromatic carbocycles. The second kappa shape index (κ2) is 10.0. The van der Waals surface area contributed by atoms with E-state index in [0.717, 1.165) is 31.7 Å². The predicted octanol–water partition coefficient (Wildman–Crippen LogP) is 3.88. The smallest absolute Gasteiger partial charge is 0.264 e. The van der Waals surface area contributed by atoms with Crippen molar-refractivity contribution in [2.75, 3.05) is 17.6 Å². The Morgan fingerprint density at radius 2 is 1.95 bits per heavy atom. The van der Waals surface area contributed by atoms with Gasteiger partial charge in [0.25, 0.3) is 11.8 Å². The number of hydrogen-bond donors (Lipinski definition) is 2. The highest BCUT2D eigenvalue weighted by Crippen LogP contribution is 2.47. The Hall–Kier alpha value is -5.18. The number of amides is 2. The molecule has 2 bridgehead atoms. The molecule has 2 saturated carbocycles. The second-order valence-corrected chi connectivity index (χ2v) is 11.1. The Balaban J connectivity index is 1.23. The van der Waals surface area contributed by atoms with Crippen LogP contribution in [0.3, 0.4) is 0 Å². The molecule has 3 aromatic heterocycles. The lowest BCUT2D eigenvalue weighted by molar-refractivity contribution is -0.129. The van der Waals surface area contributed by atoms with E-state index in [2.05, 4.69) is 26.3 Å². The number of allylic oxidation sites excluding steroid dienone is 1. The molecular formula is C30H26FN9O2. The van der Waals surface area contributed by atoms with E-state index in [1.807, 2.05) is 0 Å². The number of halogens is 1. The third-order valence-corrected chi connectivity index (χ3v) is 8.31. The zero-order chi connectivity index (χ0) is 29.0. The fourth-order valence-electron chi connectivity index (χ4n) is 6.19. The minimum absolute atomic E-state index is 0.115. The fourth-order valence-corrected chi connectivity index (χ4v) is 6.19. The van der Waals surface area contributed by atoms with Gasteiger partial charge in [0, 0.05) is 23.9 Å². The molecule has 210 valence electrons. The summed E-state index contributed by atoms with van der Waals surface area (Å²) in [6.45, 7) is 0.587. The summed E-state index contributed by atoms with van der Waals surface area (Å²) in [5.74, 6) is -0.362. The van der Waals surface area contributed by atoms with Crippen LogP contribution in [-0.2, 0) is 4.79 Å². The van der Waals surface area contributed by atoms with Gasteiger partial charge >= 0.3 is 0 Å². The first-order valence-electron chi connectivity index (χ1n) is 13.8. The molecule has 12 heteroatoms. The molecule has 3 fully saturated rings. The van der Waals surface area contributed by atoms with Crippen LogP contribution in [0.15, 0.2) is 60.6 Å². The third kappa shape index (κ3) is 4.43. The maximum absolute atomic E-state index is 15.6. The maximum Gasteiger partial charge on any atom is 0.264 e. The van der Waals surface area contributed by atoms with Crippen LogP contribution in [0.4, 0.5) is 16.0 Å². The van der Waals surface area contributed by atoms with E-state index in [9.17, 15) is 14.9 Å². The minimum atomic E-state index is -0.660. The Bertz CT molecular complexity index is 1810. The van der Waals surface area contributed by atoms with Crippen LogP contribution in [0.1, 0.15) is 42.1 Å². The topological polar surface area (TPSA) is 156 Å². The zero-order valence-corrected chi connectivity index (χ0v) is 22.4. The number of hydrogen-bond acceptors (Lipinski definition) is 8. The number of pyridine rings is 1. The Morgan fingerprint density at radius 3 is 2.67 bits per heavy atom. The van der Waals surface area contributed by atoms with Crippen molar-refractivity contribution in [1.82, 2.24) is 29.6 Å². The highest BCUT2D eigenvalue weighted by molar-refractivity contribution is 6.04. The SMILES string of the molecule is N#CC(=CC1CC1)C(=O)N1C[C@H]2CC(n3nc(-c4ccc(C(=O)Nc5ccccn5)cc4F)c4c(N)ncnc43)[C@H]1C2. The summed E-state index contributed by atoms with van der Waals surface area (Å²) in [4.78, 5) is 40.5. The maximum atomic E-state index is 15.6. The summed E-state index contributed by atoms with van der Waals surface area (Å²) in [6.07, 6.45) is 8.23. The highest BCUT2D eigenvalue weighted by atomic mass is 19.1. The number of nitriles is 1. The van der Waals surface area contributed by atoms with Gasteiger partial charge in [-0.2, -0.15) is 10.4 Å². The van der Waals surface area contributed by atoms with Crippen LogP contribution >= 0.6 is 0 Å². The van der Waals surface area contributed by atoms with Crippen LogP contribution in [0.2, 0.25) is 0 Å². The van der Waals surface area contributed by atoms with Gasteiger partial charge < -0.3 is 16.0 Å². The van der Waals surface area contributed by atoms with Gasteiger partial charge in [-0.3, -0.25) is 9.59 Å². The van der Waals surface area contributed by atoms with Gasteiger partial charge in [0.1, 0.15) is 41.1 Å². The molecule has 4 aromatic rings. The van der Waals surface area contributed by atoms with E-state index in [1.54, 1.807) is 40.1 Å². The first-order valence-corrected chi connectivity index (χ1v) is 13.8. The molecule has 3 aliphatic rings. The van der Waals surface area contributed by atoms with Crippen molar-refractivity contribution >= 4 is 34.5 Å². The number of rotatable bonds is 6. The van der Waals surface area contributed by atoms with E-state index in [1.165, 1.54) is 18.5 Å². The number of anilines is 2. The van der Waals surface area contributed by atoms with Crippen molar-refractivity contribution in [1.29, 1.82) is 5.26 Å². The highest BCUT2D eigenvalue weighted by Gasteiger charge is 2.49. The van der Waals surface area contributed by atoms with Crippen LogP contribution in [-0.4, -0.2) is 54.0 Å². The molecule has 11 nitrogen and oxygen atoms in total. The molecule has 0 spiro atoms. The van der Waals surface area contributed by atoms with Gasteiger partial charge in [0.05, 0.1) is 17.5 Å². The number of carbonyl (C=O) groups excluding carboxylic acids is 2. The summed E-state index contributed by atoms with van der Waals surface area (Å²) in [7, 11) is 0. The number of nitrogens with two attached hydrogens (primary N) is 1. The molecule has 42 heavy (non-hydrogen) atoms. The molecule has 1 aliphatic heterocycles. The van der Waals surface area contributed by atoms with Crippen molar-refractivity contribution in [2.45, 2.75) is 37.8 Å². The molecule has 1 saturated heterocycles. The van der Waals surface area contributed by atoms with E-state index in [4.69, 9.17) is 10.8 Å². The largest absolute Gasteiger partial charge is 0.383 e. The summed E-state index contributed by atoms with van der Waals surface area (Å²) >= 11 is 0. The number of benzene rings is 1. The number of likely N-dealkylation sites (tertiary alicyclic amines) is 1. The number of nitrogens with one attached hydrogen (secondary N) is 1. The van der Waals surface area contributed by atoms with Gasteiger partial charge in [-0.25, -0.2) is 24.0 Å². The summed E-state index contributed by atoms with van der Waals surface area (Å²) in [6, 6.07) is 10.9. The molecular weight excluding hydrogens is 537 g/mol. The Morgan fingerprint density at radius 1 is 1.12 bits per heavy atom.